The number of pyridine rings is 1. The molecule has 1 amide bonds. The smallest absolute Gasteiger partial charge is 0.295 e. The van der Waals surface area contributed by atoms with E-state index in [1.54, 1.807) is 73.1 Å². The second-order valence-electron chi connectivity index (χ2n) is 7.32. The number of rotatable bonds is 7. The third-order valence-corrected chi connectivity index (χ3v) is 5.23. The van der Waals surface area contributed by atoms with Gasteiger partial charge < -0.3 is 14.7 Å². The molecule has 0 radical (unpaired) electrons. The number of benzene rings is 2. The van der Waals surface area contributed by atoms with Gasteiger partial charge in [0.1, 0.15) is 18.1 Å². The Morgan fingerprint density at radius 1 is 1.06 bits per heavy atom. The highest BCUT2D eigenvalue weighted by Gasteiger charge is 2.46. The Balaban J connectivity index is 1.84. The molecule has 1 unspecified atom stereocenters. The van der Waals surface area contributed by atoms with Crippen molar-refractivity contribution in [2.45, 2.75) is 12.6 Å². The summed E-state index contributed by atoms with van der Waals surface area (Å²) in [7, 11) is 0. The number of ketones is 1. The molecule has 3 aromatic rings. The quantitative estimate of drug-likeness (QED) is 0.264. The Labute approximate surface area is 186 Å². The molecule has 32 heavy (non-hydrogen) atoms. The minimum absolute atomic E-state index is 0.0520. The second-order valence-corrected chi connectivity index (χ2v) is 7.32. The van der Waals surface area contributed by atoms with Gasteiger partial charge in [0.25, 0.3) is 11.7 Å². The molecule has 0 aliphatic carbocycles. The largest absolute Gasteiger partial charge is 0.507 e. The zero-order chi connectivity index (χ0) is 22.5. The number of aliphatic hydroxyl groups is 1. The maximum Gasteiger partial charge on any atom is 0.295 e. The number of aromatic nitrogens is 1. The highest BCUT2D eigenvalue weighted by molar-refractivity contribution is 6.46. The van der Waals surface area contributed by atoms with Crippen LogP contribution in [0.3, 0.4) is 0 Å². The zero-order valence-corrected chi connectivity index (χ0v) is 17.3. The minimum Gasteiger partial charge on any atom is -0.507 e. The summed E-state index contributed by atoms with van der Waals surface area (Å²) >= 11 is 0. The fourth-order valence-corrected chi connectivity index (χ4v) is 3.76. The Bertz CT molecular complexity index is 1170. The van der Waals surface area contributed by atoms with Crippen LogP contribution in [0.5, 0.6) is 5.75 Å². The molecule has 2 aromatic carbocycles. The van der Waals surface area contributed by atoms with Gasteiger partial charge >= 0.3 is 0 Å². The molecule has 1 aliphatic heterocycles. The van der Waals surface area contributed by atoms with E-state index in [2.05, 4.69) is 11.6 Å². The Morgan fingerprint density at radius 2 is 1.81 bits per heavy atom. The summed E-state index contributed by atoms with van der Waals surface area (Å²) < 4.78 is 5.65. The maximum absolute atomic E-state index is 13.1. The molecule has 6 heteroatoms. The first-order valence-corrected chi connectivity index (χ1v) is 10.2. The summed E-state index contributed by atoms with van der Waals surface area (Å²) in [5, 5.41) is 11.1. The van der Waals surface area contributed by atoms with Crippen molar-refractivity contribution in [3.8, 4) is 5.75 Å². The van der Waals surface area contributed by atoms with Gasteiger partial charge in [-0.2, -0.15) is 0 Å². The van der Waals surface area contributed by atoms with Gasteiger partial charge in [-0.05, 0) is 35.4 Å². The van der Waals surface area contributed by atoms with Crippen molar-refractivity contribution in [2.75, 3.05) is 6.61 Å². The number of nitrogens with zero attached hydrogens (tertiary/aromatic N) is 2. The molecular weight excluding hydrogens is 404 g/mol. The summed E-state index contributed by atoms with van der Waals surface area (Å²) in [6.07, 6.45) is 4.90. The summed E-state index contributed by atoms with van der Waals surface area (Å²) in [5.41, 5.74) is 2.01. The van der Waals surface area contributed by atoms with Crippen molar-refractivity contribution in [1.82, 2.24) is 9.88 Å². The van der Waals surface area contributed by atoms with Gasteiger partial charge in [0.15, 0.2) is 0 Å². The SMILES string of the molecule is C=CCOc1cccc(C2C(=C(O)c3ccccc3)C(=O)C(=O)N2Cc2ccncc2)c1. The third-order valence-electron chi connectivity index (χ3n) is 5.23. The van der Waals surface area contributed by atoms with E-state index in [1.807, 2.05) is 12.1 Å². The van der Waals surface area contributed by atoms with Gasteiger partial charge in [0.2, 0.25) is 0 Å². The fraction of sp³-hybridized carbons (Fsp3) is 0.115. The number of Topliss-reactive ketones (excluding diaryl/α,β-unsaturated/α-hetero) is 1. The van der Waals surface area contributed by atoms with E-state index in [0.717, 1.165) is 5.56 Å². The van der Waals surface area contributed by atoms with Gasteiger partial charge in [0, 0.05) is 24.5 Å². The number of hydrogen-bond donors (Lipinski definition) is 1. The number of likely N-dealkylation sites (tertiary alicyclic amines) is 1. The molecule has 1 aromatic heterocycles. The van der Waals surface area contributed by atoms with Crippen LogP contribution in [0.1, 0.15) is 22.7 Å². The highest BCUT2D eigenvalue weighted by Crippen LogP contribution is 2.41. The van der Waals surface area contributed by atoms with Crippen LogP contribution in [0.25, 0.3) is 5.76 Å². The van der Waals surface area contributed by atoms with E-state index in [4.69, 9.17) is 4.74 Å². The monoisotopic (exact) mass is 426 g/mol. The molecule has 2 heterocycles. The Kier molecular flexibility index (Phi) is 6.12. The number of carbonyl (C=O) groups is 2. The number of amides is 1. The number of carbonyl (C=O) groups excluding carboxylic acids is 2. The predicted octanol–water partition coefficient (Wildman–Crippen LogP) is 4.27. The molecule has 1 fully saturated rings. The van der Waals surface area contributed by atoms with Crippen molar-refractivity contribution >= 4 is 17.4 Å². The van der Waals surface area contributed by atoms with E-state index in [-0.39, 0.29) is 17.9 Å². The van der Waals surface area contributed by atoms with E-state index in [9.17, 15) is 14.7 Å². The fourth-order valence-electron chi connectivity index (χ4n) is 3.76. The lowest BCUT2D eigenvalue weighted by Crippen LogP contribution is -2.29. The van der Waals surface area contributed by atoms with Gasteiger partial charge in [-0.1, -0.05) is 55.1 Å². The van der Waals surface area contributed by atoms with Crippen LogP contribution in [0.15, 0.2) is 97.4 Å². The van der Waals surface area contributed by atoms with E-state index in [1.165, 1.54) is 4.90 Å². The van der Waals surface area contributed by atoms with E-state index >= 15 is 0 Å². The van der Waals surface area contributed by atoms with Crippen LogP contribution in [-0.2, 0) is 16.1 Å². The van der Waals surface area contributed by atoms with Crippen molar-refractivity contribution < 1.29 is 19.4 Å². The molecule has 0 spiro atoms. The predicted molar refractivity (Wildman–Crippen MR) is 121 cm³/mol. The molecular formula is C26H22N2O4. The molecule has 160 valence electrons. The molecule has 4 rings (SSSR count). The van der Waals surface area contributed by atoms with Crippen molar-refractivity contribution in [3.05, 3.63) is 114 Å². The van der Waals surface area contributed by atoms with Crippen LogP contribution in [-0.4, -0.2) is 33.3 Å². The average Bonchev–Trinajstić information content (AvgIpc) is 3.08. The summed E-state index contributed by atoms with van der Waals surface area (Å²) in [4.78, 5) is 31.6. The highest BCUT2D eigenvalue weighted by atomic mass is 16.5. The van der Waals surface area contributed by atoms with Gasteiger partial charge in [-0.25, -0.2) is 0 Å². The second kappa shape index (κ2) is 9.31. The van der Waals surface area contributed by atoms with Crippen molar-refractivity contribution in [3.63, 3.8) is 0 Å². The van der Waals surface area contributed by atoms with Crippen LogP contribution in [0.2, 0.25) is 0 Å². The van der Waals surface area contributed by atoms with Crippen LogP contribution in [0.4, 0.5) is 0 Å². The molecule has 0 saturated carbocycles. The topological polar surface area (TPSA) is 79.7 Å². The Morgan fingerprint density at radius 3 is 2.53 bits per heavy atom. The summed E-state index contributed by atoms with van der Waals surface area (Å²) in [6.45, 7) is 4.17. The summed E-state index contributed by atoms with van der Waals surface area (Å²) in [6, 6.07) is 18.7. The third kappa shape index (κ3) is 4.16. The molecule has 1 N–H and O–H groups in total. The van der Waals surface area contributed by atoms with Crippen molar-refractivity contribution in [2.24, 2.45) is 0 Å². The number of aliphatic hydroxyl groups excluding tert-OH is 1. The molecule has 6 nitrogen and oxygen atoms in total. The van der Waals surface area contributed by atoms with Gasteiger partial charge in [-0.15, -0.1) is 0 Å². The van der Waals surface area contributed by atoms with Gasteiger partial charge in [0.05, 0.1) is 11.6 Å². The maximum atomic E-state index is 13.1. The Hall–Kier alpha value is -4.19. The standard InChI is InChI=1S/C26H22N2O4/c1-2-15-32-21-10-6-9-20(16-21)23-22(24(29)19-7-4-3-5-8-19)25(30)26(31)28(23)17-18-11-13-27-14-12-18/h2-14,16,23,29H,1,15,17H2. The minimum atomic E-state index is -0.768. The van der Waals surface area contributed by atoms with E-state index < -0.39 is 17.7 Å². The summed E-state index contributed by atoms with van der Waals surface area (Å²) in [5.74, 6) is -1.01. The first-order chi connectivity index (χ1) is 15.6. The van der Waals surface area contributed by atoms with Crippen LogP contribution in [0, 0.1) is 0 Å². The van der Waals surface area contributed by atoms with Gasteiger partial charge in [-0.3, -0.25) is 14.6 Å². The lowest BCUT2D eigenvalue weighted by Gasteiger charge is -2.25. The molecule has 1 aliphatic rings. The zero-order valence-electron chi connectivity index (χ0n) is 17.3. The lowest BCUT2D eigenvalue weighted by molar-refractivity contribution is -0.140. The first-order valence-electron chi connectivity index (χ1n) is 10.2. The molecule has 1 atom stereocenters. The first kappa shape index (κ1) is 21.1. The lowest BCUT2D eigenvalue weighted by atomic mass is 9.95. The van der Waals surface area contributed by atoms with Crippen molar-refractivity contribution in [1.29, 1.82) is 0 Å². The average molecular weight is 426 g/mol. The van der Waals surface area contributed by atoms with Crippen LogP contribution >= 0.6 is 0 Å². The van der Waals surface area contributed by atoms with Crippen LogP contribution < -0.4 is 4.74 Å². The molecule has 1 saturated heterocycles. The molecule has 0 bridgehead atoms. The number of hydrogen-bond acceptors (Lipinski definition) is 5. The number of ether oxygens (including phenoxy) is 1. The van der Waals surface area contributed by atoms with E-state index in [0.29, 0.717) is 23.5 Å². The normalized spacial score (nSPS) is 17.4.